The summed E-state index contributed by atoms with van der Waals surface area (Å²) in [6.45, 7) is 9.21. The van der Waals surface area contributed by atoms with Gasteiger partial charge in [-0.25, -0.2) is 0 Å². The summed E-state index contributed by atoms with van der Waals surface area (Å²) in [5.74, 6) is 0.351. The summed E-state index contributed by atoms with van der Waals surface area (Å²) in [6.07, 6.45) is 0. The highest BCUT2D eigenvalue weighted by Crippen LogP contribution is 2.31. The Hall–Kier alpha value is -2.37. The van der Waals surface area contributed by atoms with Gasteiger partial charge in [-0.05, 0) is 49.2 Å². The van der Waals surface area contributed by atoms with Gasteiger partial charge in [0.05, 0.1) is 6.04 Å². The minimum Gasteiger partial charge on any atom is -0.508 e. The van der Waals surface area contributed by atoms with Crippen molar-refractivity contribution in [2.45, 2.75) is 19.9 Å². The van der Waals surface area contributed by atoms with Crippen molar-refractivity contribution in [3.8, 4) is 5.75 Å². The zero-order valence-corrected chi connectivity index (χ0v) is 16.2. The molecule has 1 aliphatic rings. The average molecular weight is 367 g/mol. The highest BCUT2D eigenvalue weighted by atomic mass is 16.3. The van der Waals surface area contributed by atoms with Crippen LogP contribution in [0.1, 0.15) is 41.4 Å². The minimum atomic E-state index is 0.0665. The summed E-state index contributed by atoms with van der Waals surface area (Å²) in [6, 6.07) is 15.5. The van der Waals surface area contributed by atoms with Gasteiger partial charge in [-0.2, -0.15) is 0 Å². The van der Waals surface area contributed by atoms with Crippen LogP contribution >= 0.6 is 0 Å². The Morgan fingerprint density at radius 2 is 1.74 bits per heavy atom. The largest absolute Gasteiger partial charge is 0.508 e. The van der Waals surface area contributed by atoms with E-state index in [9.17, 15) is 9.90 Å². The van der Waals surface area contributed by atoms with Gasteiger partial charge in [0.25, 0.3) is 5.91 Å². The van der Waals surface area contributed by atoms with E-state index in [1.54, 1.807) is 6.07 Å². The zero-order chi connectivity index (χ0) is 19.2. The third-order valence-corrected chi connectivity index (χ3v) is 5.23. The number of aromatic hydroxyl groups is 1. The smallest absolute Gasteiger partial charge is 0.253 e. The summed E-state index contributed by atoms with van der Waals surface area (Å²) in [5, 5.41) is 13.4. The molecule has 1 unspecified atom stereocenters. The molecular weight excluding hydrogens is 338 g/mol. The van der Waals surface area contributed by atoms with Crippen LogP contribution in [-0.4, -0.2) is 60.1 Å². The average Bonchev–Trinajstić information content (AvgIpc) is 2.70. The second kappa shape index (κ2) is 9.02. The number of nitrogens with zero attached hydrogens (tertiary/aromatic N) is 2. The molecular formula is C22H29N3O2. The standard InChI is InChI=1S/C22H29N3O2/c1-3-24(4-2)22(27)18-10-8-17(9-11-18)21(25-14-12-23-13-15-25)19-6-5-7-20(26)16-19/h5-11,16,21,23,26H,3-4,12-15H2,1-2H3. The Labute approximate surface area is 161 Å². The van der Waals surface area contributed by atoms with Gasteiger partial charge in [0.15, 0.2) is 0 Å². The first kappa shape index (κ1) is 19.4. The number of nitrogens with one attached hydrogen (secondary N) is 1. The van der Waals surface area contributed by atoms with E-state index in [2.05, 4.69) is 16.3 Å². The number of hydrogen-bond donors (Lipinski definition) is 2. The van der Waals surface area contributed by atoms with Crippen LogP contribution in [0.15, 0.2) is 48.5 Å². The molecule has 2 N–H and O–H groups in total. The van der Waals surface area contributed by atoms with E-state index in [0.717, 1.165) is 42.9 Å². The number of phenolic OH excluding ortho intramolecular Hbond substituents is 1. The van der Waals surface area contributed by atoms with Crippen molar-refractivity contribution in [2.75, 3.05) is 39.3 Å². The number of carbonyl (C=O) groups excluding carboxylic acids is 1. The predicted octanol–water partition coefficient (Wildman–Crippen LogP) is 2.87. The van der Waals surface area contributed by atoms with Crippen LogP contribution in [0.2, 0.25) is 0 Å². The molecule has 1 atom stereocenters. The number of benzene rings is 2. The maximum atomic E-state index is 12.6. The van der Waals surface area contributed by atoms with Crippen LogP contribution in [0.5, 0.6) is 5.75 Å². The van der Waals surface area contributed by atoms with Crippen molar-refractivity contribution in [1.29, 1.82) is 0 Å². The highest BCUT2D eigenvalue weighted by molar-refractivity contribution is 5.94. The maximum Gasteiger partial charge on any atom is 0.253 e. The van der Waals surface area contributed by atoms with Gasteiger partial charge in [-0.3, -0.25) is 9.69 Å². The van der Waals surface area contributed by atoms with Gasteiger partial charge >= 0.3 is 0 Å². The molecule has 2 aromatic rings. The Bertz CT molecular complexity index is 750. The summed E-state index contributed by atoms with van der Waals surface area (Å²) in [7, 11) is 0. The van der Waals surface area contributed by atoms with Gasteiger partial charge in [0.1, 0.15) is 5.75 Å². The van der Waals surface area contributed by atoms with Crippen molar-refractivity contribution >= 4 is 5.91 Å². The molecule has 0 spiro atoms. The molecule has 144 valence electrons. The van der Waals surface area contributed by atoms with Crippen LogP contribution in [0.4, 0.5) is 0 Å². The van der Waals surface area contributed by atoms with E-state index in [0.29, 0.717) is 13.1 Å². The van der Waals surface area contributed by atoms with E-state index >= 15 is 0 Å². The highest BCUT2D eigenvalue weighted by Gasteiger charge is 2.24. The lowest BCUT2D eigenvalue weighted by atomic mass is 9.95. The molecule has 0 aromatic heterocycles. The number of amides is 1. The van der Waals surface area contributed by atoms with E-state index in [1.807, 2.05) is 55.1 Å². The normalized spacial score (nSPS) is 16.1. The summed E-state index contributed by atoms with van der Waals surface area (Å²) in [5.41, 5.74) is 2.93. The monoisotopic (exact) mass is 367 g/mol. The first-order valence-electron chi connectivity index (χ1n) is 9.77. The zero-order valence-electron chi connectivity index (χ0n) is 16.2. The molecule has 1 saturated heterocycles. The first-order chi connectivity index (χ1) is 13.1. The van der Waals surface area contributed by atoms with Crippen molar-refractivity contribution in [3.05, 3.63) is 65.2 Å². The summed E-state index contributed by atoms with van der Waals surface area (Å²) >= 11 is 0. The van der Waals surface area contributed by atoms with Gasteiger partial charge < -0.3 is 15.3 Å². The number of piperazine rings is 1. The molecule has 1 heterocycles. The van der Waals surface area contributed by atoms with E-state index in [-0.39, 0.29) is 17.7 Å². The molecule has 3 rings (SSSR count). The van der Waals surface area contributed by atoms with Crippen molar-refractivity contribution in [3.63, 3.8) is 0 Å². The van der Waals surface area contributed by atoms with E-state index in [1.165, 1.54) is 0 Å². The van der Waals surface area contributed by atoms with Crippen LogP contribution in [0.3, 0.4) is 0 Å². The third-order valence-electron chi connectivity index (χ3n) is 5.23. The number of hydrogen-bond acceptors (Lipinski definition) is 4. The molecule has 27 heavy (non-hydrogen) atoms. The van der Waals surface area contributed by atoms with Gasteiger partial charge in [-0.15, -0.1) is 0 Å². The van der Waals surface area contributed by atoms with Crippen LogP contribution in [0, 0.1) is 0 Å². The number of phenols is 1. The lowest BCUT2D eigenvalue weighted by Gasteiger charge is -2.35. The van der Waals surface area contributed by atoms with Gasteiger partial charge in [0, 0.05) is 44.8 Å². The topological polar surface area (TPSA) is 55.8 Å². The second-order valence-electron chi connectivity index (χ2n) is 6.88. The van der Waals surface area contributed by atoms with E-state index in [4.69, 9.17) is 0 Å². The SMILES string of the molecule is CCN(CC)C(=O)c1ccc(C(c2cccc(O)c2)N2CCNCC2)cc1. The fraction of sp³-hybridized carbons (Fsp3) is 0.409. The predicted molar refractivity (Wildman–Crippen MR) is 108 cm³/mol. The summed E-state index contributed by atoms with van der Waals surface area (Å²) in [4.78, 5) is 16.8. The number of carbonyl (C=O) groups is 1. The van der Waals surface area contributed by atoms with Crippen LogP contribution in [0.25, 0.3) is 0 Å². The molecule has 0 saturated carbocycles. The third kappa shape index (κ3) is 4.49. The Balaban J connectivity index is 1.91. The van der Waals surface area contributed by atoms with Crippen LogP contribution < -0.4 is 5.32 Å². The Morgan fingerprint density at radius 3 is 2.33 bits per heavy atom. The van der Waals surface area contributed by atoms with Crippen molar-refractivity contribution in [2.24, 2.45) is 0 Å². The van der Waals surface area contributed by atoms with Gasteiger partial charge in [-0.1, -0.05) is 24.3 Å². The molecule has 0 aliphatic carbocycles. The Morgan fingerprint density at radius 1 is 1.07 bits per heavy atom. The number of rotatable bonds is 6. The molecule has 5 nitrogen and oxygen atoms in total. The fourth-order valence-electron chi connectivity index (χ4n) is 3.75. The minimum absolute atomic E-state index is 0.0665. The van der Waals surface area contributed by atoms with E-state index < -0.39 is 0 Å². The Kier molecular flexibility index (Phi) is 6.48. The van der Waals surface area contributed by atoms with Crippen molar-refractivity contribution in [1.82, 2.24) is 15.1 Å². The molecule has 0 bridgehead atoms. The first-order valence-corrected chi connectivity index (χ1v) is 9.77. The second-order valence-corrected chi connectivity index (χ2v) is 6.88. The quantitative estimate of drug-likeness (QED) is 0.824. The molecule has 0 radical (unpaired) electrons. The maximum absolute atomic E-state index is 12.6. The summed E-state index contributed by atoms with van der Waals surface area (Å²) < 4.78 is 0. The fourth-order valence-corrected chi connectivity index (χ4v) is 3.75. The lowest BCUT2D eigenvalue weighted by molar-refractivity contribution is 0.0773. The molecule has 1 aliphatic heterocycles. The van der Waals surface area contributed by atoms with Crippen molar-refractivity contribution < 1.29 is 9.90 Å². The molecule has 1 amide bonds. The molecule has 2 aromatic carbocycles. The lowest BCUT2D eigenvalue weighted by Crippen LogP contribution is -2.45. The molecule has 1 fully saturated rings. The van der Waals surface area contributed by atoms with Gasteiger partial charge in [0.2, 0.25) is 0 Å². The van der Waals surface area contributed by atoms with Crippen LogP contribution in [-0.2, 0) is 0 Å². The molecule has 5 heteroatoms.